The number of hydrogen-bond donors (Lipinski definition) is 2. The third-order valence-corrected chi connectivity index (χ3v) is 3.13. The van der Waals surface area contributed by atoms with Crippen LogP contribution in [-0.2, 0) is 4.79 Å². The molecule has 20 heavy (non-hydrogen) atoms. The van der Waals surface area contributed by atoms with Crippen LogP contribution in [0.3, 0.4) is 0 Å². The molecule has 0 saturated carbocycles. The van der Waals surface area contributed by atoms with Crippen molar-refractivity contribution in [2.24, 2.45) is 11.7 Å². The number of carbonyl (C=O) groups is 1. The van der Waals surface area contributed by atoms with Gasteiger partial charge in [-0.1, -0.05) is 38.5 Å². The highest BCUT2D eigenvalue weighted by Crippen LogP contribution is 2.17. The summed E-state index contributed by atoms with van der Waals surface area (Å²) in [5.74, 6) is 6.00. The van der Waals surface area contributed by atoms with Gasteiger partial charge in [-0.3, -0.25) is 4.79 Å². The highest BCUT2D eigenvalue weighted by atomic mass is 16.1. The Morgan fingerprint density at radius 1 is 1.20 bits per heavy atom. The number of amides is 1. The maximum atomic E-state index is 12.2. The summed E-state index contributed by atoms with van der Waals surface area (Å²) in [7, 11) is 0. The van der Waals surface area contributed by atoms with Gasteiger partial charge >= 0.3 is 0 Å². The van der Waals surface area contributed by atoms with E-state index in [4.69, 9.17) is 5.73 Å². The van der Waals surface area contributed by atoms with Crippen molar-refractivity contribution in [2.75, 3.05) is 11.9 Å². The van der Waals surface area contributed by atoms with Crippen LogP contribution in [0.5, 0.6) is 0 Å². The van der Waals surface area contributed by atoms with Gasteiger partial charge in [-0.25, -0.2) is 0 Å². The predicted molar refractivity (Wildman–Crippen MR) is 84.3 cm³/mol. The maximum Gasteiger partial charge on any atom is 0.227 e. The first-order chi connectivity index (χ1) is 9.71. The molecule has 0 bridgehead atoms. The minimum absolute atomic E-state index is 0.113. The zero-order valence-corrected chi connectivity index (χ0v) is 12.4. The van der Waals surface area contributed by atoms with E-state index >= 15 is 0 Å². The number of nitrogens with one attached hydrogen (secondary N) is 1. The van der Waals surface area contributed by atoms with Crippen LogP contribution in [0.15, 0.2) is 24.3 Å². The lowest BCUT2D eigenvalue weighted by Crippen LogP contribution is -2.22. The summed E-state index contributed by atoms with van der Waals surface area (Å²) in [6, 6.07) is 7.56. The molecule has 1 rings (SSSR count). The van der Waals surface area contributed by atoms with Gasteiger partial charge < -0.3 is 11.1 Å². The van der Waals surface area contributed by atoms with Crippen LogP contribution in [0.2, 0.25) is 0 Å². The molecule has 0 atom stereocenters. The standard InChI is InChI=1S/C17H24N2O/c1-3-6-15(7-4-2)17(20)19-16-11-9-14(10-12-16)8-5-13-18/h9-12,15H,3-4,6-7,13,18H2,1-2H3,(H,19,20). The zero-order valence-electron chi connectivity index (χ0n) is 12.4. The molecule has 0 radical (unpaired) electrons. The monoisotopic (exact) mass is 272 g/mol. The molecule has 1 aromatic carbocycles. The quantitative estimate of drug-likeness (QED) is 0.782. The second-order valence-corrected chi connectivity index (χ2v) is 4.85. The largest absolute Gasteiger partial charge is 0.326 e. The number of hydrogen-bond acceptors (Lipinski definition) is 2. The summed E-state index contributed by atoms with van der Waals surface area (Å²) in [6.07, 6.45) is 3.96. The Morgan fingerprint density at radius 3 is 2.30 bits per heavy atom. The molecule has 3 N–H and O–H groups in total. The lowest BCUT2D eigenvalue weighted by Gasteiger charge is -2.15. The van der Waals surface area contributed by atoms with Crippen LogP contribution in [0, 0.1) is 17.8 Å². The number of anilines is 1. The van der Waals surface area contributed by atoms with E-state index in [-0.39, 0.29) is 11.8 Å². The molecule has 0 fully saturated rings. The topological polar surface area (TPSA) is 55.1 Å². The smallest absolute Gasteiger partial charge is 0.227 e. The van der Waals surface area contributed by atoms with Gasteiger partial charge in [0, 0.05) is 17.2 Å². The normalized spacial score (nSPS) is 10.0. The molecule has 0 saturated heterocycles. The van der Waals surface area contributed by atoms with Crippen molar-refractivity contribution < 1.29 is 4.79 Å². The average molecular weight is 272 g/mol. The molecule has 0 aliphatic heterocycles. The lowest BCUT2D eigenvalue weighted by atomic mass is 9.97. The van der Waals surface area contributed by atoms with Gasteiger partial charge in [0.2, 0.25) is 5.91 Å². The number of carbonyl (C=O) groups excluding carboxylic acids is 1. The van der Waals surface area contributed by atoms with Crippen molar-refractivity contribution in [3.8, 4) is 11.8 Å². The van der Waals surface area contributed by atoms with Crippen LogP contribution in [-0.4, -0.2) is 12.5 Å². The second-order valence-electron chi connectivity index (χ2n) is 4.85. The molecule has 0 spiro atoms. The molecule has 108 valence electrons. The van der Waals surface area contributed by atoms with Gasteiger partial charge in [-0.05, 0) is 37.1 Å². The van der Waals surface area contributed by atoms with Gasteiger partial charge in [0.15, 0.2) is 0 Å². The Labute approximate surface area is 121 Å². The van der Waals surface area contributed by atoms with Crippen molar-refractivity contribution in [1.29, 1.82) is 0 Å². The van der Waals surface area contributed by atoms with E-state index in [0.29, 0.717) is 6.54 Å². The first-order valence-electron chi connectivity index (χ1n) is 7.31. The number of benzene rings is 1. The van der Waals surface area contributed by atoms with Gasteiger partial charge in [0.05, 0.1) is 6.54 Å². The molecule has 1 aromatic rings. The Balaban J connectivity index is 2.64. The van der Waals surface area contributed by atoms with Crippen LogP contribution in [0.4, 0.5) is 5.69 Å². The Hall–Kier alpha value is -1.79. The summed E-state index contributed by atoms with van der Waals surface area (Å²) >= 11 is 0. The SMILES string of the molecule is CCCC(CCC)C(=O)Nc1ccc(C#CCN)cc1. The predicted octanol–water partition coefficient (Wildman–Crippen LogP) is 3.15. The third-order valence-electron chi connectivity index (χ3n) is 3.13. The summed E-state index contributed by atoms with van der Waals surface area (Å²) < 4.78 is 0. The van der Waals surface area contributed by atoms with Crippen molar-refractivity contribution in [3.05, 3.63) is 29.8 Å². The van der Waals surface area contributed by atoms with Gasteiger partial charge in [-0.2, -0.15) is 0 Å². The first kappa shape index (κ1) is 16.3. The average Bonchev–Trinajstić information content (AvgIpc) is 2.46. The van der Waals surface area contributed by atoms with Crippen molar-refractivity contribution in [2.45, 2.75) is 39.5 Å². The van der Waals surface area contributed by atoms with Crippen molar-refractivity contribution >= 4 is 11.6 Å². The molecule has 0 unspecified atom stereocenters. The van der Waals surface area contributed by atoms with Crippen molar-refractivity contribution in [3.63, 3.8) is 0 Å². The number of nitrogens with two attached hydrogens (primary N) is 1. The minimum Gasteiger partial charge on any atom is -0.326 e. The van der Waals surface area contributed by atoms with E-state index in [1.807, 2.05) is 24.3 Å². The molecule has 3 nitrogen and oxygen atoms in total. The molecular formula is C17H24N2O. The van der Waals surface area contributed by atoms with E-state index < -0.39 is 0 Å². The molecule has 3 heteroatoms. The summed E-state index contributed by atoms with van der Waals surface area (Å²) in [5.41, 5.74) is 7.07. The Bertz CT molecular complexity index is 462. The van der Waals surface area contributed by atoms with Crippen molar-refractivity contribution in [1.82, 2.24) is 0 Å². The Kier molecular flexibility index (Phi) is 7.46. The lowest BCUT2D eigenvalue weighted by molar-refractivity contribution is -0.120. The Morgan fingerprint density at radius 2 is 1.80 bits per heavy atom. The van der Waals surface area contributed by atoms with Crippen LogP contribution in [0.1, 0.15) is 45.1 Å². The highest BCUT2D eigenvalue weighted by molar-refractivity contribution is 5.92. The van der Waals surface area contributed by atoms with E-state index in [0.717, 1.165) is 36.9 Å². The summed E-state index contributed by atoms with van der Waals surface area (Å²) in [5, 5.41) is 2.98. The zero-order chi connectivity index (χ0) is 14.8. The second kappa shape index (κ2) is 9.17. The fourth-order valence-electron chi connectivity index (χ4n) is 2.14. The van der Waals surface area contributed by atoms with E-state index in [2.05, 4.69) is 31.0 Å². The van der Waals surface area contributed by atoms with Gasteiger partial charge in [0.1, 0.15) is 0 Å². The molecular weight excluding hydrogens is 248 g/mol. The van der Waals surface area contributed by atoms with Crippen LogP contribution in [0.25, 0.3) is 0 Å². The molecule has 0 heterocycles. The highest BCUT2D eigenvalue weighted by Gasteiger charge is 2.16. The molecule has 0 aliphatic carbocycles. The maximum absolute atomic E-state index is 12.2. The fourth-order valence-corrected chi connectivity index (χ4v) is 2.14. The molecule has 0 aliphatic rings. The minimum atomic E-state index is 0.113. The number of rotatable bonds is 6. The van der Waals surface area contributed by atoms with E-state index in [1.165, 1.54) is 0 Å². The third kappa shape index (κ3) is 5.46. The van der Waals surface area contributed by atoms with Gasteiger partial charge in [-0.15, -0.1) is 0 Å². The van der Waals surface area contributed by atoms with E-state index in [1.54, 1.807) is 0 Å². The molecule has 0 aromatic heterocycles. The van der Waals surface area contributed by atoms with E-state index in [9.17, 15) is 4.79 Å². The van der Waals surface area contributed by atoms with Crippen LogP contribution >= 0.6 is 0 Å². The first-order valence-corrected chi connectivity index (χ1v) is 7.31. The van der Waals surface area contributed by atoms with Gasteiger partial charge in [0.25, 0.3) is 0 Å². The molecule has 1 amide bonds. The summed E-state index contributed by atoms with van der Waals surface area (Å²) in [4.78, 5) is 12.2. The van der Waals surface area contributed by atoms with Crippen LogP contribution < -0.4 is 11.1 Å². The summed E-state index contributed by atoms with van der Waals surface area (Å²) in [6.45, 7) is 4.58. The fraction of sp³-hybridized carbons (Fsp3) is 0.471.